The first-order valence-corrected chi connectivity index (χ1v) is 19.9. The highest BCUT2D eigenvalue weighted by Gasteiger charge is 2.62. The van der Waals surface area contributed by atoms with E-state index in [1.54, 1.807) is 21.1 Å². The molecule has 16 atom stereocenters. The first-order valence-electron chi connectivity index (χ1n) is 19.9. The molecule has 0 aliphatic carbocycles. The van der Waals surface area contributed by atoms with E-state index in [4.69, 9.17) is 42.6 Å². The van der Waals surface area contributed by atoms with E-state index in [0.29, 0.717) is 25.0 Å². The fourth-order valence-electron chi connectivity index (χ4n) is 10.6. The highest BCUT2D eigenvalue weighted by molar-refractivity contribution is 5.88. The third-order valence-electron chi connectivity index (χ3n) is 13.8. The Morgan fingerprint density at radius 2 is 1.72 bits per heavy atom. The topological polar surface area (TPSA) is 150 Å². The second-order valence-corrected chi connectivity index (χ2v) is 17.2. The van der Waals surface area contributed by atoms with Gasteiger partial charge in [0.25, 0.3) is 0 Å². The molecule has 5 saturated heterocycles. The molecule has 13 nitrogen and oxygen atoms in total. The number of rotatable bonds is 12. The Balaban J connectivity index is 1.30. The molecule has 0 aromatic carbocycles. The molecule has 5 heterocycles. The van der Waals surface area contributed by atoms with Crippen LogP contribution in [0.15, 0.2) is 5.16 Å². The largest absolute Gasteiger partial charge is 0.469 e. The maximum Gasteiger partial charge on any atom is 0.311 e. The van der Waals surface area contributed by atoms with Gasteiger partial charge in [-0.15, -0.1) is 0 Å². The molecule has 0 unspecified atom stereocenters. The molecule has 304 valence electrons. The van der Waals surface area contributed by atoms with Crippen LogP contribution in [-0.4, -0.2) is 110 Å². The summed E-state index contributed by atoms with van der Waals surface area (Å²) in [7, 11) is 4.57. The zero-order chi connectivity index (χ0) is 39.1. The summed E-state index contributed by atoms with van der Waals surface area (Å²) >= 11 is 0. The van der Waals surface area contributed by atoms with Crippen LogP contribution in [0.2, 0.25) is 0 Å². The lowest BCUT2D eigenvalue weighted by Crippen LogP contribution is -2.57. The number of methoxy groups -OCH3 is 3. The summed E-state index contributed by atoms with van der Waals surface area (Å²) in [6.45, 7) is 18.0. The first kappa shape index (κ1) is 42.3. The lowest BCUT2D eigenvalue weighted by atomic mass is 9.78. The minimum Gasteiger partial charge on any atom is -0.469 e. The van der Waals surface area contributed by atoms with Crippen molar-refractivity contribution in [3.05, 3.63) is 0 Å². The molecule has 5 fully saturated rings. The van der Waals surface area contributed by atoms with Crippen LogP contribution >= 0.6 is 0 Å². The van der Waals surface area contributed by atoms with Crippen molar-refractivity contribution in [3.63, 3.8) is 0 Å². The number of carbonyl (C=O) groups is 2. The molecule has 1 N–H and O–H groups in total. The molecule has 0 aromatic rings. The Hall–Kier alpha value is -1.87. The number of esters is 2. The second-order valence-electron chi connectivity index (χ2n) is 17.2. The van der Waals surface area contributed by atoms with Crippen LogP contribution in [0.25, 0.3) is 0 Å². The van der Waals surface area contributed by atoms with Crippen molar-refractivity contribution >= 4 is 17.7 Å². The minimum absolute atomic E-state index is 0.0310. The normalized spacial score (nSPS) is 45.7. The molecule has 0 amide bonds. The van der Waals surface area contributed by atoms with Gasteiger partial charge in [-0.1, -0.05) is 46.7 Å². The van der Waals surface area contributed by atoms with Gasteiger partial charge >= 0.3 is 11.9 Å². The number of nitrogens with zero attached hydrogens (tertiary/aromatic N) is 1. The van der Waals surface area contributed by atoms with E-state index in [0.717, 1.165) is 32.1 Å². The second kappa shape index (κ2) is 16.3. The maximum atomic E-state index is 12.5. The van der Waals surface area contributed by atoms with Crippen LogP contribution < -0.4 is 0 Å². The van der Waals surface area contributed by atoms with Gasteiger partial charge in [-0.25, -0.2) is 0 Å². The summed E-state index contributed by atoms with van der Waals surface area (Å²) in [5, 5.41) is 13.9. The molecule has 0 bridgehead atoms. The van der Waals surface area contributed by atoms with E-state index in [2.05, 4.69) is 39.8 Å². The number of ether oxygens (including phenoxy) is 9. The van der Waals surface area contributed by atoms with Crippen molar-refractivity contribution in [1.82, 2.24) is 0 Å². The van der Waals surface area contributed by atoms with Crippen LogP contribution in [0, 0.1) is 35.5 Å². The van der Waals surface area contributed by atoms with Gasteiger partial charge in [0.2, 0.25) is 5.79 Å². The third kappa shape index (κ3) is 7.91. The van der Waals surface area contributed by atoms with Crippen LogP contribution in [-0.2, 0) is 52.2 Å². The van der Waals surface area contributed by atoms with E-state index in [1.807, 2.05) is 13.8 Å². The average molecular weight is 754 g/mol. The van der Waals surface area contributed by atoms with Crippen LogP contribution in [0.3, 0.4) is 0 Å². The first-order chi connectivity index (χ1) is 25.0. The van der Waals surface area contributed by atoms with Gasteiger partial charge in [-0.3, -0.25) is 9.59 Å². The molecule has 0 radical (unpaired) electrons. The maximum absolute atomic E-state index is 12.5. The van der Waals surface area contributed by atoms with Gasteiger partial charge in [0, 0.05) is 51.7 Å². The average Bonchev–Trinajstić information content (AvgIpc) is 3.85. The summed E-state index contributed by atoms with van der Waals surface area (Å²) in [4.78, 5) is 24.2. The molecule has 1 spiro atoms. The summed E-state index contributed by atoms with van der Waals surface area (Å²) in [5.41, 5.74) is -0.556. The van der Waals surface area contributed by atoms with Crippen molar-refractivity contribution < 1.29 is 57.4 Å². The number of hydrogen-bond donors (Lipinski definition) is 1. The molecule has 5 aliphatic heterocycles. The van der Waals surface area contributed by atoms with Gasteiger partial charge in [0.15, 0.2) is 5.79 Å². The Labute approximate surface area is 316 Å². The number of hydrogen-bond acceptors (Lipinski definition) is 13. The number of carbonyl (C=O) groups excluding carboxylic acids is 2. The Morgan fingerprint density at radius 1 is 1.00 bits per heavy atom. The summed E-state index contributed by atoms with van der Waals surface area (Å²) in [6, 6.07) is 0. The summed E-state index contributed by atoms with van der Waals surface area (Å²) < 4.78 is 57.1. The molecule has 53 heavy (non-hydrogen) atoms. The third-order valence-corrected chi connectivity index (χ3v) is 13.8. The SMILES string of the molecule is CC[C@]1([C@@H]2O[C@@H]([C@H]3O[C@](COC(C)=O)(OC)[C@H](C)C[C@@H]3C)C[C@@H]2C)CC[C@H]([C@@]2(C)CC[C@]3(C/C(=N\O)[C@@H](C)[C@@H]([C@@H](C)[C@@H](OC)[C@H](C)C(=O)OC)O3)O2)O1. The molecular formula is C40H67NO12. The summed E-state index contributed by atoms with van der Waals surface area (Å²) in [6.07, 6.45) is 4.08. The van der Waals surface area contributed by atoms with E-state index < -0.39 is 40.9 Å². The highest BCUT2D eigenvalue weighted by atomic mass is 16.7. The fourth-order valence-corrected chi connectivity index (χ4v) is 10.6. The van der Waals surface area contributed by atoms with Crippen molar-refractivity contribution in [1.29, 1.82) is 0 Å². The van der Waals surface area contributed by atoms with E-state index in [9.17, 15) is 14.8 Å². The Kier molecular flexibility index (Phi) is 13.0. The van der Waals surface area contributed by atoms with Gasteiger partial charge in [0.05, 0.1) is 66.6 Å². The Bertz CT molecular complexity index is 1330. The van der Waals surface area contributed by atoms with Crippen LogP contribution in [0.1, 0.15) is 114 Å². The molecule has 0 saturated carbocycles. The molecule has 5 aliphatic rings. The molecular weight excluding hydrogens is 686 g/mol. The lowest BCUT2D eigenvalue weighted by Gasteiger charge is -2.48. The van der Waals surface area contributed by atoms with Gasteiger partial charge in [0.1, 0.15) is 6.61 Å². The number of oxime groups is 1. The van der Waals surface area contributed by atoms with Crippen LogP contribution in [0.4, 0.5) is 0 Å². The predicted octanol–water partition coefficient (Wildman–Crippen LogP) is 6.06. The zero-order valence-corrected chi connectivity index (χ0v) is 34.2. The van der Waals surface area contributed by atoms with E-state index in [-0.39, 0.29) is 72.6 Å². The summed E-state index contributed by atoms with van der Waals surface area (Å²) in [5.74, 6) is -3.28. The van der Waals surface area contributed by atoms with Gasteiger partial charge < -0.3 is 47.8 Å². The van der Waals surface area contributed by atoms with Gasteiger partial charge in [-0.05, 0) is 64.2 Å². The van der Waals surface area contributed by atoms with Crippen molar-refractivity contribution in [3.8, 4) is 0 Å². The minimum atomic E-state index is -1.03. The Morgan fingerprint density at radius 3 is 2.32 bits per heavy atom. The molecule has 5 rings (SSSR count). The van der Waals surface area contributed by atoms with Crippen molar-refractivity contribution in [2.75, 3.05) is 27.9 Å². The van der Waals surface area contributed by atoms with Crippen molar-refractivity contribution in [2.45, 2.75) is 173 Å². The smallest absolute Gasteiger partial charge is 0.311 e. The standard InChI is InChI=1S/C40H67NO12/c1-13-38(35-23(3)19-30(49-35)32-22(2)18-24(4)40(47-12,52-32)21-48-28(8)42)15-14-31(50-38)37(9)16-17-39(53-37)20-29(41-44)25(5)34(51-39)26(6)33(45-10)27(7)36(43)46-11/h22-27,30-35,44H,13-21H2,1-12H3/b41-29+/t22-,23-,24+,25+,26-,27-,30+,31+,32-,33+,34-,35+,37+,38+,39+,40-/m0/s1. The predicted molar refractivity (Wildman–Crippen MR) is 194 cm³/mol. The monoisotopic (exact) mass is 753 g/mol. The lowest BCUT2D eigenvalue weighted by molar-refractivity contribution is -0.333. The molecule has 13 heteroatoms. The highest BCUT2D eigenvalue weighted by Crippen LogP contribution is 2.54. The zero-order valence-electron chi connectivity index (χ0n) is 34.2. The van der Waals surface area contributed by atoms with E-state index >= 15 is 0 Å². The van der Waals surface area contributed by atoms with Gasteiger partial charge in [-0.2, -0.15) is 0 Å². The van der Waals surface area contributed by atoms with Crippen molar-refractivity contribution in [2.24, 2.45) is 40.7 Å². The quantitative estimate of drug-likeness (QED) is 0.140. The fraction of sp³-hybridized carbons (Fsp3) is 0.925. The van der Waals surface area contributed by atoms with E-state index in [1.165, 1.54) is 14.0 Å². The molecule has 0 aromatic heterocycles. The van der Waals surface area contributed by atoms with Crippen LogP contribution in [0.5, 0.6) is 0 Å².